The summed E-state index contributed by atoms with van der Waals surface area (Å²) < 4.78 is 22.1. The van der Waals surface area contributed by atoms with Crippen molar-refractivity contribution in [1.29, 1.82) is 0 Å². The van der Waals surface area contributed by atoms with Crippen LogP contribution in [-0.2, 0) is 18.4 Å². The van der Waals surface area contributed by atoms with Crippen molar-refractivity contribution < 1.29 is 33.5 Å². The second-order valence-corrected chi connectivity index (χ2v) is 16.9. The molecule has 0 aliphatic rings. The Kier molecular flexibility index (Phi) is 38.8. The quantitative estimate of drug-likeness (QED) is 0.0233. The second-order valence-electron chi connectivity index (χ2n) is 15.5. The van der Waals surface area contributed by atoms with Crippen molar-refractivity contribution >= 4 is 13.7 Å². The lowest BCUT2D eigenvalue weighted by Gasteiger charge is -2.25. The molecule has 0 fully saturated rings. The first-order valence-corrected chi connectivity index (χ1v) is 23.9. The first-order chi connectivity index (χ1) is 25.8. The SMILES string of the molecule is CCCCCCCCCCC/C=C\CCCCCCCC(O)CC(=O)NC(COP(=O)(O)OCCN)C(O)CCCCCCCCCCCCCCC. The molecule has 0 saturated carbocycles. The van der Waals surface area contributed by atoms with Gasteiger partial charge in [0.15, 0.2) is 0 Å². The molecule has 0 aromatic carbocycles. The maximum Gasteiger partial charge on any atom is 0.472 e. The van der Waals surface area contributed by atoms with Gasteiger partial charge in [-0.05, 0) is 38.5 Å². The molecule has 6 N–H and O–H groups in total. The Morgan fingerprint density at radius 1 is 0.623 bits per heavy atom. The summed E-state index contributed by atoms with van der Waals surface area (Å²) in [6.45, 7) is 4.05. The van der Waals surface area contributed by atoms with Gasteiger partial charge < -0.3 is 26.2 Å². The Morgan fingerprint density at radius 2 is 1.02 bits per heavy atom. The van der Waals surface area contributed by atoms with Crippen molar-refractivity contribution in [3.8, 4) is 0 Å². The summed E-state index contributed by atoms with van der Waals surface area (Å²) in [4.78, 5) is 22.8. The maximum atomic E-state index is 12.8. The molecule has 316 valence electrons. The van der Waals surface area contributed by atoms with Gasteiger partial charge in [-0.25, -0.2) is 4.57 Å². The van der Waals surface area contributed by atoms with Gasteiger partial charge in [-0.1, -0.05) is 187 Å². The Morgan fingerprint density at radius 3 is 1.45 bits per heavy atom. The van der Waals surface area contributed by atoms with E-state index in [-0.39, 0.29) is 26.2 Å². The lowest BCUT2D eigenvalue weighted by molar-refractivity contribution is -0.125. The summed E-state index contributed by atoms with van der Waals surface area (Å²) >= 11 is 0. The summed E-state index contributed by atoms with van der Waals surface area (Å²) in [6, 6.07) is -0.895. The number of nitrogens with two attached hydrogens (primary N) is 1. The highest BCUT2D eigenvalue weighted by atomic mass is 31.2. The number of rotatable bonds is 42. The van der Waals surface area contributed by atoms with Crippen LogP contribution in [0, 0.1) is 0 Å². The van der Waals surface area contributed by atoms with E-state index >= 15 is 0 Å². The number of aliphatic hydroxyl groups is 2. The number of amides is 1. The van der Waals surface area contributed by atoms with Crippen LogP contribution in [-0.4, -0.2) is 59.0 Å². The minimum atomic E-state index is -4.37. The minimum absolute atomic E-state index is 0.0600. The van der Waals surface area contributed by atoms with Crippen LogP contribution in [0.3, 0.4) is 0 Å². The van der Waals surface area contributed by atoms with E-state index in [9.17, 15) is 24.5 Å². The van der Waals surface area contributed by atoms with Crippen LogP contribution >= 0.6 is 7.82 Å². The van der Waals surface area contributed by atoms with E-state index in [0.717, 1.165) is 44.9 Å². The molecule has 0 rings (SSSR count). The molecular weight excluding hydrogens is 687 g/mol. The van der Waals surface area contributed by atoms with Crippen molar-refractivity contribution in [1.82, 2.24) is 5.32 Å². The van der Waals surface area contributed by atoms with Crippen molar-refractivity contribution in [2.24, 2.45) is 5.73 Å². The van der Waals surface area contributed by atoms with Gasteiger partial charge in [0.1, 0.15) is 0 Å². The summed E-state index contributed by atoms with van der Waals surface area (Å²) in [6.07, 6.45) is 39.7. The lowest BCUT2D eigenvalue weighted by Crippen LogP contribution is -2.47. The number of nitrogens with one attached hydrogen (secondary N) is 1. The van der Waals surface area contributed by atoms with E-state index in [2.05, 4.69) is 31.3 Å². The van der Waals surface area contributed by atoms with E-state index in [0.29, 0.717) is 12.8 Å². The zero-order valence-electron chi connectivity index (χ0n) is 34.6. The van der Waals surface area contributed by atoms with Crippen molar-refractivity contribution in [2.45, 2.75) is 238 Å². The van der Waals surface area contributed by atoms with Gasteiger partial charge in [-0.15, -0.1) is 0 Å². The summed E-state index contributed by atoms with van der Waals surface area (Å²) in [5, 5.41) is 24.2. The molecule has 1 amide bonds. The van der Waals surface area contributed by atoms with E-state index in [1.807, 2.05) is 0 Å². The van der Waals surface area contributed by atoms with E-state index in [4.69, 9.17) is 14.8 Å². The van der Waals surface area contributed by atoms with Gasteiger partial charge in [0, 0.05) is 6.54 Å². The fraction of sp³-hybridized carbons (Fsp3) is 0.930. The van der Waals surface area contributed by atoms with Crippen molar-refractivity contribution in [3.63, 3.8) is 0 Å². The topological polar surface area (TPSA) is 151 Å². The zero-order valence-corrected chi connectivity index (χ0v) is 35.5. The smallest absolute Gasteiger partial charge is 0.393 e. The Balaban J connectivity index is 4.23. The molecule has 0 bridgehead atoms. The number of carbonyl (C=O) groups excluding carboxylic acids is 1. The van der Waals surface area contributed by atoms with Crippen LogP contribution in [0.1, 0.15) is 219 Å². The van der Waals surface area contributed by atoms with Gasteiger partial charge in [0.05, 0.1) is 37.9 Å². The highest BCUT2D eigenvalue weighted by molar-refractivity contribution is 7.47. The Labute approximate surface area is 327 Å². The third-order valence-corrected chi connectivity index (χ3v) is 11.2. The number of hydrogen-bond donors (Lipinski definition) is 5. The first kappa shape index (κ1) is 52.2. The molecule has 4 unspecified atom stereocenters. The molecular formula is C43H87N2O7P. The zero-order chi connectivity index (χ0) is 39.1. The van der Waals surface area contributed by atoms with Gasteiger partial charge >= 0.3 is 7.82 Å². The van der Waals surface area contributed by atoms with E-state index < -0.39 is 32.0 Å². The fourth-order valence-corrected chi connectivity index (χ4v) is 7.52. The fourth-order valence-electron chi connectivity index (χ4n) is 6.76. The normalized spacial score (nSPS) is 14.8. The van der Waals surface area contributed by atoms with Gasteiger partial charge in [-0.2, -0.15) is 0 Å². The van der Waals surface area contributed by atoms with Crippen LogP contribution in [0.4, 0.5) is 0 Å². The molecule has 0 spiro atoms. The predicted octanol–water partition coefficient (Wildman–Crippen LogP) is 11.4. The van der Waals surface area contributed by atoms with Gasteiger partial charge in [0.2, 0.25) is 5.91 Å². The van der Waals surface area contributed by atoms with Crippen LogP contribution in [0.5, 0.6) is 0 Å². The summed E-state index contributed by atoms with van der Waals surface area (Å²) in [5.74, 6) is -0.416. The monoisotopic (exact) mass is 775 g/mol. The molecule has 0 saturated heterocycles. The standard InChI is InChI=1S/C43H87N2O7P/c1-3-5-7-9-11-13-15-17-18-19-20-21-23-24-26-28-30-32-34-40(46)38-43(48)45-41(39-52-53(49,50)51-37-36-44)42(47)35-33-31-29-27-25-22-16-14-12-10-8-6-4-2/h20-21,40-42,46-47H,3-19,22-39,44H2,1-2H3,(H,45,48)(H,49,50)/b21-20-. The summed E-state index contributed by atoms with van der Waals surface area (Å²) in [7, 11) is -4.37. The van der Waals surface area contributed by atoms with Gasteiger partial charge in [0.25, 0.3) is 0 Å². The van der Waals surface area contributed by atoms with Crippen LogP contribution in [0.25, 0.3) is 0 Å². The minimum Gasteiger partial charge on any atom is -0.393 e. The number of phosphoric ester groups is 1. The molecule has 0 aromatic heterocycles. The highest BCUT2D eigenvalue weighted by Gasteiger charge is 2.28. The molecule has 53 heavy (non-hydrogen) atoms. The third-order valence-electron chi connectivity index (χ3n) is 10.2. The van der Waals surface area contributed by atoms with Crippen LogP contribution in [0.2, 0.25) is 0 Å². The number of aliphatic hydroxyl groups excluding tert-OH is 2. The largest absolute Gasteiger partial charge is 0.472 e. The highest BCUT2D eigenvalue weighted by Crippen LogP contribution is 2.43. The number of phosphoric acid groups is 1. The lowest BCUT2D eigenvalue weighted by atomic mass is 10.0. The number of hydrogen-bond acceptors (Lipinski definition) is 7. The predicted molar refractivity (Wildman–Crippen MR) is 223 cm³/mol. The molecule has 0 aliphatic carbocycles. The molecule has 0 aliphatic heterocycles. The summed E-state index contributed by atoms with van der Waals surface area (Å²) in [5.41, 5.74) is 5.37. The van der Waals surface area contributed by atoms with Crippen molar-refractivity contribution in [2.75, 3.05) is 19.8 Å². The van der Waals surface area contributed by atoms with E-state index in [1.54, 1.807) is 0 Å². The Bertz CT molecular complexity index is 862. The maximum absolute atomic E-state index is 12.8. The molecule has 0 aromatic rings. The number of carbonyl (C=O) groups is 1. The molecule has 0 radical (unpaired) electrons. The molecule has 4 atom stereocenters. The third kappa shape index (κ3) is 37.9. The number of unbranched alkanes of at least 4 members (excludes halogenated alkanes) is 26. The average Bonchev–Trinajstić information content (AvgIpc) is 3.13. The molecule has 9 nitrogen and oxygen atoms in total. The first-order valence-electron chi connectivity index (χ1n) is 22.4. The van der Waals surface area contributed by atoms with Crippen LogP contribution in [0.15, 0.2) is 12.2 Å². The van der Waals surface area contributed by atoms with Gasteiger partial charge in [-0.3, -0.25) is 13.8 Å². The van der Waals surface area contributed by atoms with Crippen LogP contribution < -0.4 is 11.1 Å². The van der Waals surface area contributed by atoms with E-state index in [1.165, 1.54) is 141 Å². The second kappa shape index (κ2) is 39.4. The average molecular weight is 775 g/mol. The van der Waals surface area contributed by atoms with Crippen molar-refractivity contribution in [3.05, 3.63) is 12.2 Å². The molecule has 0 heterocycles. The Hall–Kier alpha value is -0.800. The number of allylic oxidation sites excluding steroid dienone is 2. The molecule has 10 heteroatoms.